The molecule has 0 aliphatic carbocycles. The van der Waals surface area contributed by atoms with Crippen LogP contribution in [-0.4, -0.2) is 67.4 Å². The average Bonchev–Trinajstić information content (AvgIpc) is 2.77. The molecule has 32 heavy (non-hydrogen) atoms. The number of carbonyl (C=O) groups excluding carboxylic acids is 1. The van der Waals surface area contributed by atoms with Crippen molar-refractivity contribution < 1.29 is 23.1 Å². The van der Waals surface area contributed by atoms with Gasteiger partial charge in [0.1, 0.15) is 11.5 Å². The Hall–Kier alpha value is -3.34. The first-order valence-electron chi connectivity index (χ1n) is 9.83. The summed E-state index contributed by atoms with van der Waals surface area (Å²) in [4.78, 5) is 20.8. The van der Waals surface area contributed by atoms with Crippen LogP contribution in [0, 0.1) is 0 Å². The first kappa shape index (κ1) is 24.9. The summed E-state index contributed by atoms with van der Waals surface area (Å²) in [7, 11) is 1.35. The summed E-state index contributed by atoms with van der Waals surface area (Å²) >= 11 is 0. The standard InChI is InChI=1S/C21H27F3N6O2/c1-13(11-31)28-18-7-8-30(12-32)10-17(18)20(26)29-15-5-3-14(4-6-15)16(9-27-2)19(25)21(22,23)24/h3-6,9,12-13,28,31H,7-8,10-11,25H2,1-2H3,(H2,26,29). The molecule has 0 bridgehead atoms. The lowest BCUT2D eigenvalue weighted by atomic mass is 10.0. The molecule has 6 N–H and O–H groups in total. The van der Waals surface area contributed by atoms with Gasteiger partial charge in [-0.3, -0.25) is 9.79 Å². The second-order valence-corrected chi connectivity index (χ2v) is 7.27. The van der Waals surface area contributed by atoms with Crippen LogP contribution in [0.3, 0.4) is 0 Å². The SMILES string of the molecule is CN=CC(=C(N)C(F)(F)F)c1ccc(N=C(N)C2=C(NC(C)CO)CCN(C=O)C2)cc1. The minimum atomic E-state index is -4.69. The minimum absolute atomic E-state index is 0.0787. The van der Waals surface area contributed by atoms with Gasteiger partial charge in [-0.1, -0.05) is 12.1 Å². The van der Waals surface area contributed by atoms with Crippen molar-refractivity contribution in [2.75, 3.05) is 26.7 Å². The number of alkyl halides is 3. The Labute approximate surface area is 184 Å². The monoisotopic (exact) mass is 452 g/mol. The third kappa shape index (κ3) is 6.33. The number of allylic oxidation sites excluding steroid dienone is 2. The molecule has 1 amide bonds. The maximum atomic E-state index is 13.0. The number of nitrogens with two attached hydrogens (primary N) is 2. The highest BCUT2D eigenvalue weighted by atomic mass is 19.4. The van der Waals surface area contributed by atoms with Crippen LogP contribution in [0.25, 0.3) is 5.57 Å². The first-order valence-corrected chi connectivity index (χ1v) is 9.83. The second kappa shape index (κ2) is 10.8. The topological polar surface area (TPSA) is 129 Å². The number of aliphatic hydroxyl groups excluding tert-OH is 1. The van der Waals surface area contributed by atoms with Crippen LogP contribution >= 0.6 is 0 Å². The number of carbonyl (C=O) groups is 1. The van der Waals surface area contributed by atoms with Crippen molar-refractivity contribution in [2.24, 2.45) is 21.5 Å². The third-order valence-electron chi connectivity index (χ3n) is 4.81. The molecule has 1 aromatic carbocycles. The van der Waals surface area contributed by atoms with E-state index in [2.05, 4.69) is 15.3 Å². The number of benzene rings is 1. The quantitative estimate of drug-likeness (QED) is 0.271. The Bertz CT molecular complexity index is 936. The predicted octanol–water partition coefficient (Wildman–Crippen LogP) is 1.69. The highest BCUT2D eigenvalue weighted by molar-refractivity contribution is 6.11. The van der Waals surface area contributed by atoms with Crippen LogP contribution in [0.2, 0.25) is 0 Å². The van der Waals surface area contributed by atoms with Crippen LogP contribution in [0.15, 0.2) is 51.2 Å². The third-order valence-corrected chi connectivity index (χ3v) is 4.81. The Morgan fingerprint density at radius 3 is 2.50 bits per heavy atom. The van der Waals surface area contributed by atoms with Gasteiger partial charge in [-0.25, -0.2) is 4.99 Å². The number of amides is 1. The second-order valence-electron chi connectivity index (χ2n) is 7.27. The van der Waals surface area contributed by atoms with Crippen molar-refractivity contribution in [3.63, 3.8) is 0 Å². The molecule has 0 saturated heterocycles. The maximum absolute atomic E-state index is 13.0. The number of amidine groups is 1. The maximum Gasteiger partial charge on any atom is 0.431 e. The van der Waals surface area contributed by atoms with E-state index in [9.17, 15) is 23.1 Å². The molecule has 8 nitrogen and oxygen atoms in total. The molecule has 1 atom stereocenters. The number of aliphatic imine (C=N–C) groups is 2. The highest BCUT2D eigenvalue weighted by Gasteiger charge is 2.34. The number of hydrogen-bond donors (Lipinski definition) is 4. The molecule has 0 aromatic heterocycles. The number of halogens is 3. The fraction of sp³-hybridized carbons (Fsp3) is 0.381. The lowest BCUT2D eigenvalue weighted by Crippen LogP contribution is -2.41. The Morgan fingerprint density at radius 1 is 1.31 bits per heavy atom. The van der Waals surface area contributed by atoms with Crippen molar-refractivity contribution in [2.45, 2.75) is 25.6 Å². The van der Waals surface area contributed by atoms with Gasteiger partial charge in [-0.2, -0.15) is 13.2 Å². The lowest BCUT2D eigenvalue weighted by Gasteiger charge is -2.29. The van der Waals surface area contributed by atoms with Gasteiger partial charge >= 0.3 is 6.18 Å². The number of nitrogens with zero attached hydrogens (tertiary/aromatic N) is 3. The van der Waals surface area contributed by atoms with Crippen molar-refractivity contribution in [3.8, 4) is 0 Å². The fourth-order valence-electron chi connectivity index (χ4n) is 3.12. The molecule has 0 saturated carbocycles. The highest BCUT2D eigenvalue weighted by Crippen LogP contribution is 2.29. The van der Waals surface area contributed by atoms with Crippen molar-refractivity contribution in [1.29, 1.82) is 0 Å². The summed E-state index contributed by atoms with van der Waals surface area (Å²) in [6, 6.07) is 5.71. The van der Waals surface area contributed by atoms with E-state index in [1.165, 1.54) is 31.3 Å². The summed E-state index contributed by atoms with van der Waals surface area (Å²) in [6.45, 7) is 2.48. The Morgan fingerprint density at radius 2 is 1.97 bits per heavy atom. The van der Waals surface area contributed by atoms with E-state index in [1.54, 1.807) is 11.8 Å². The van der Waals surface area contributed by atoms with Crippen molar-refractivity contribution in [1.82, 2.24) is 10.2 Å². The van der Waals surface area contributed by atoms with E-state index in [0.29, 0.717) is 24.2 Å². The summed E-state index contributed by atoms with van der Waals surface area (Å²) < 4.78 is 39.1. The zero-order valence-electron chi connectivity index (χ0n) is 17.9. The summed E-state index contributed by atoms with van der Waals surface area (Å²) in [5, 5.41) is 12.5. The van der Waals surface area contributed by atoms with Gasteiger partial charge in [-0.15, -0.1) is 0 Å². The summed E-state index contributed by atoms with van der Waals surface area (Å²) in [5.41, 5.74) is 12.0. The number of aliphatic hydroxyl groups is 1. The fourth-order valence-corrected chi connectivity index (χ4v) is 3.12. The van der Waals surface area contributed by atoms with Gasteiger partial charge in [0.05, 0.1) is 18.8 Å². The van der Waals surface area contributed by atoms with Gasteiger partial charge in [0.25, 0.3) is 0 Å². The summed E-state index contributed by atoms with van der Waals surface area (Å²) in [5.74, 6) is 0.164. The molecule has 174 valence electrons. The van der Waals surface area contributed by atoms with Gasteiger partial charge in [0, 0.05) is 49.1 Å². The molecule has 1 aromatic rings. The van der Waals surface area contributed by atoms with E-state index in [1.807, 2.05) is 0 Å². The van der Waals surface area contributed by atoms with Gasteiger partial charge in [0.15, 0.2) is 0 Å². The van der Waals surface area contributed by atoms with Gasteiger partial charge < -0.3 is 26.8 Å². The van der Waals surface area contributed by atoms with E-state index < -0.39 is 11.9 Å². The van der Waals surface area contributed by atoms with Crippen LogP contribution < -0.4 is 16.8 Å². The molecule has 0 fully saturated rings. The molecule has 0 spiro atoms. The molecule has 1 heterocycles. The first-order chi connectivity index (χ1) is 15.1. The molecular formula is C21H27F3N6O2. The smallest absolute Gasteiger partial charge is 0.394 e. The number of nitrogens with one attached hydrogen (secondary N) is 1. The van der Waals surface area contributed by atoms with Crippen molar-refractivity contribution in [3.05, 3.63) is 46.8 Å². The lowest BCUT2D eigenvalue weighted by molar-refractivity contribution is -0.117. The van der Waals surface area contributed by atoms with Crippen molar-refractivity contribution >= 4 is 29.7 Å². The largest absolute Gasteiger partial charge is 0.431 e. The average molecular weight is 452 g/mol. The molecule has 1 unspecified atom stereocenters. The normalized spacial score (nSPS) is 17.4. The molecule has 1 aliphatic heterocycles. The summed E-state index contributed by atoms with van der Waals surface area (Å²) in [6.07, 6.45) is -2.39. The van der Waals surface area contributed by atoms with Crippen LogP contribution in [-0.2, 0) is 4.79 Å². The van der Waals surface area contributed by atoms with Crippen LogP contribution in [0.4, 0.5) is 18.9 Å². The molecule has 2 rings (SSSR count). The van der Waals surface area contributed by atoms with Gasteiger partial charge in [-0.05, 0) is 24.6 Å². The molecular weight excluding hydrogens is 425 g/mol. The van der Waals surface area contributed by atoms with E-state index in [-0.39, 0.29) is 36.2 Å². The Kier molecular flexibility index (Phi) is 8.41. The van der Waals surface area contributed by atoms with Gasteiger partial charge in [0.2, 0.25) is 6.41 Å². The van der Waals surface area contributed by atoms with E-state index in [0.717, 1.165) is 18.3 Å². The van der Waals surface area contributed by atoms with E-state index >= 15 is 0 Å². The zero-order valence-corrected chi connectivity index (χ0v) is 17.9. The molecule has 1 aliphatic rings. The Balaban J connectivity index is 2.39. The number of hydrogen-bond acceptors (Lipinski definition) is 6. The number of rotatable bonds is 8. The molecule has 0 radical (unpaired) electrons. The molecule has 11 heteroatoms. The van der Waals surface area contributed by atoms with Crippen LogP contribution in [0.5, 0.6) is 0 Å². The zero-order chi connectivity index (χ0) is 23.9. The van der Waals surface area contributed by atoms with E-state index in [4.69, 9.17) is 11.5 Å². The minimum Gasteiger partial charge on any atom is -0.394 e. The predicted molar refractivity (Wildman–Crippen MR) is 118 cm³/mol. The van der Waals surface area contributed by atoms with Crippen LogP contribution in [0.1, 0.15) is 18.9 Å².